The molecule has 0 bridgehead atoms. The second kappa shape index (κ2) is 6.93. The summed E-state index contributed by atoms with van der Waals surface area (Å²) in [5.41, 5.74) is 0.745. The highest BCUT2D eigenvalue weighted by Gasteiger charge is 2.05. The number of carbonyl (C=O) groups is 1. The molecule has 0 unspecified atom stereocenters. The van der Waals surface area contributed by atoms with Gasteiger partial charge in [0.2, 0.25) is 0 Å². The molecular weight excluding hydrogens is 234 g/mol. The number of amides is 1. The molecule has 0 spiro atoms. The summed E-state index contributed by atoms with van der Waals surface area (Å²) in [6.07, 6.45) is 4.71. The molecule has 0 aromatic heterocycles. The Morgan fingerprint density at radius 3 is 2.58 bits per heavy atom. The molecular formula is C17H21NO. The van der Waals surface area contributed by atoms with E-state index in [-0.39, 0.29) is 5.91 Å². The van der Waals surface area contributed by atoms with Gasteiger partial charge in [-0.15, -0.1) is 0 Å². The average Bonchev–Trinajstić information content (AvgIpc) is 2.46. The van der Waals surface area contributed by atoms with Crippen molar-refractivity contribution in [2.75, 3.05) is 6.54 Å². The number of benzene rings is 2. The highest BCUT2D eigenvalue weighted by Crippen LogP contribution is 2.15. The third kappa shape index (κ3) is 3.82. The molecule has 2 rings (SSSR count). The van der Waals surface area contributed by atoms with Crippen LogP contribution in [-0.2, 0) is 0 Å². The maximum atomic E-state index is 12.0. The SMILES string of the molecule is CCCCCCNC(=O)c1ccc2ccccc2c1. The van der Waals surface area contributed by atoms with Gasteiger partial charge in [0, 0.05) is 12.1 Å². The van der Waals surface area contributed by atoms with E-state index in [9.17, 15) is 4.79 Å². The van der Waals surface area contributed by atoms with Crippen LogP contribution in [0.25, 0.3) is 10.8 Å². The van der Waals surface area contributed by atoms with Crippen LogP contribution in [0.2, 0.25) is 0 Å². The molecule has 0 heterocycles. The Labute approximate surface area is 114 Å². The molecule has 0 saturated heterocycles. The summed E-state index contributed by atoms with van der Waals surface area (Å²) >= 11 is 0. The molecule has 100 valence electrons. The smallest absolute Gasteiger partial charge is 0.251 e. The molecule has 1 amide bonds. The lowest BCUT2D eigenvalue weighted by atomic mass is 10.1. The molecule has 0 fully saturated rings. The Hall–Kier alpha value is -1.83. The lowest BCUT2D eigenvalue weighted by molar-refractivity contribution is 0.0953. The number of unbranched alkanes of at least 4 members (excludes halogenated alkanes) is 3. The topological polar surface area (TPSA) is 29.1 Å². The predicted molar refractivity (Wildman–Crippen MR) is 80.4 cm³/mol. The van der Waals surface area contributed by atoms with Crippen molar-refractivity contribution in [3.63, 3.8) is 0 Å². The van der Waals surface area contributed by atoms with Crippen LogP contribution in [0.1, 0.15) is 43.0 Å². The van der Waals surface area contributed by atoms with Gasteiger partial charge in [-0.3, -0.25) is 4.79 Å². The zero-order valence-electron chi connectivity index (χ0n) is 11.5. The molecule has 2 heteroatoms. The van der Waals surface area contributed by atoms with E-state index >= 15 is 0 Å². The second-order valence-electron chi connectivity index (χ2n) is 4.88. The van der Waals surface area contributed by atoms with Crippen molar-refractivity contribution >= 4 is 16.7 Å². The molecule has 0 aliphatic heterocycles. The summed E-state index contributed by atoms with van der Waals surface area (Å²) in [5.74, 6) is 0.0299. The van der Waals surface area contributed by atoms with Gasteiger partial charge in [0.15, 0.2) is 0 Å². The average molecular weight is 255 g/mol. The van der Waals surface area contributed by atoms with Crippen molar-refractivity contribution in [1.82, 2.24) is 5.32 Å². The minimum atomic E-state index is 0.0299. The molecule has 1 N–H and O–H groups in total. The van der Waals surface area contributed by atoms with Gasteiger partial charge in [-0.2, -0.15) is 0 Å². The summed E-state index contributed by atoms with van der Waals surface area (Å²) in [6, 6.07) is 13.9. The van der Waals surface area contributed by atoms with Crippen molar-refractivity contribution in [2.45, 2.75) is 32.6 Å². The van der Waals surface area contributed by atoms with Crippen LogP contribution >= 0.6 is 0 Å². The van der Waals surface area contributed by atoms with Crippen LogP contribution in [-0.4, -0.2) is 12.5 Å². The lowest BCUT2D eigenvalue weighted by Gasteiger charge is -2.06. The molecule has 0 saturated carbocycles. The van der Waals surface area contributed by atoms with Gasteiger partial charge in [0.25, 0.3) is 5.91 Å². The zero-order chi connectivity index (χ0) is 13.5. The number of rotatable bonds is 6. The van der Waals surface area contributed by atoms with E-state index in [1.807, 2.05) is 36.4 Å². The molecule has 0 aliphatic rings. The normalized spacial score (nSPS) is 10.6. The van der Waals surface area contributed by atoms with Crippen LogP contribution in [0, 0.1) is 0 Å². The molecule has 0 atom stereocenters. The Morgan fingerprint density at radius 1 is 1.00 bits per heavy atom. The fourth-order valence-corrected chi connectivity index (χ4v) is 2.19. The van der Waals surface area contributed by atoms with E-state index < -0.39 is 0 Å². The predicted octanol–water partition coefficient (Wildman–Crippen LogP) is 4.15. The summed E-state index contributed by atoms with van der Waals surface area (Å²) in [5, 5.41) is 5.26. The summed E-state index contributed by atoms with van der Waals surface area (Å²) in [6.45, 7) is 2.96. The number of carbonyl (C=O) groups excluding carboxylic acids is 1. The Bertz CT molecular complexity index is 548. The van der Waals surface area contributed by atoms with E-state index in [1.165, 1.54) is 24.6 Å². The highest BCUT2D eigenvalue weighted by molar-refractivity contribution is 5.98. The third-order valence-corrected chi connectivity index (χ3v) is 3.33. The van der Waals surface area contributed by atoms with Crippen molar-refractivity contribution in [2.24, 2.45) is 0 Å². The maximum absolute atomic E-state index is 12.0. The number of hydrogen-bond donors (Lipinski definition) is 1. The van der Waals surface area contributed by atoms with E-state index in [4.69, 9.17) is 0 Å². The molecule has 2 nitrogen and oxygen atoms in total. The minimum absolute atomic E-state index is 0.0299. The molecule has 2 aromatic rings. The molecule has 19 heavy (non-hydrogen) atoms. The van der Waals surface area contributed by atoms with E-state index in [0.29, 0.717) is 0 Å². The van der Waals surface area contributed by atoms with Crippen molar-refractivity contribution in [1.29, 1.82) is 0 Å². The van der Waals surface area contributed by atoms with Crippen LogP contribution < -0.4 is 5.32 Å². The van der Waals surface area contributed by atoms with Gasteiger partial charge in [-0.25, -0.2) is 0 Å². The highest BCUT2D eigenvalue weighted by atomic mass is 16.1. The van der Waals surface area contributed by atoms with Crippen molar-refractivity contribution < 1.29 is 4.79 Å². The summed E-state index contributed by atoms with van der Waals surface area (Å²) in [7, 11) is 0. The largest absolute Gasteiger partial charge is 0.352 e. The first kappa shape index (κ1) is 13.6. The maximum Gasteiger partial charge on any atom is 0.251 e. The molecule has 2 aromatic carbocycles. The monoisotopic (exact) mass is 255 g/mol. The van der Waals surface area contributed by atoms with Gasteiger partial charge in [0.1, 0.15) is 0 Å². The van der Waals surface area contributed by atoms with Crippen LogP contribution in [0.4, 0.5) is 0 Å². The summed E-state index contributed by atoms with van der Waals surface area (Å²) in [4.78, 5) is 12.0. The third-order valence-electron chi connectivity index (χ3n) is 3.33. The molecule has 0 aliphatic carbocycles. The number of fused-ring (bicyclic) bond motifs is 1. The molecule has 0 radical (unpaired) electrons. The first-order chi connectivity index (χ1) is 9.31. The van der Waals surface area contributed by atoms with Crippen LogP contribution in [0.15, 0.2) is 42.5 Å². The Morgan fingerprint density at radius 2 is 1.79 bits per heavy atom. The first-order valence-corrected chi connectivity index (χ1v) is 7.08. The number of nitrogens with one attached hydrogen (secondary N) is 1. The second-order valence-corrected chi connectivity index (χ2v) is 4.88. The number of hydrogen-bond acceptors (Lipinski definition) is 1. The van der Waals surface area contributed by atoms with Gasteiger partial charge < -0.3 is 5.32 Å². The fourth-order valence-electron chi connectivity index (χ4n) is 2.19. The first-order valence-electron chi connectivity index (χ1n) is 7.08. The zero-order valence-corrected chi connectivity index (χ0v) is 11.5. The van der Waals surface area contributed by atoms with E-state index in [0.717, 1.165) is 23.9 Å². The quantitative estimate of drug-likeness (QED) is 0.772. The van der Waals surface area contributed by atoms with E-state index in [2.05, 4.69) is 18.3 Å². The van der Waals surface area contributed by atoms with E-state index in [1.54, 1.807) is 0 Å². The van der Waals surface area contributed by atoms with Crippen LogP contribution in [0.5, 0.6) is 0 Å². The van der Waals surface area contributed by atoms with Crippen molar-refractivity contribution in [3.8, 4) is 0 Å². The minimum Gasteiger partial charge on any atom is -0.352 e. The standard InChI is InChI=1S/C17H21NO/c1-2-3-4-7-12-18-17(19)16-11-10-14-8-5-6-9-15(14)13-16/h5-6,8-11,13H,2-4,7,12H2,1H3,(H,18,19). The lowest BCUT2D eigenvalue weighted by Crippen LogP contribution is -2.24. The fraction of sp³-hybridized carbons (Fsp3) is 0.353. The van der Waals surface area contributed by atoms with Gasteiger partial charge in [-0.1, -0.05) is 56.5 Å². The van der Waals surface area contributed by atoms with Crippen LogP contribution in [0.3, 0.4) is 0 Å². The Kier molecular flexibility index (Phi) is 4.96. The van der Waals surface area contributed by atoms with Gasteiger partial charge >= 0.3 is 0 Å². The summed E-state index contributed by atoms with van der Waals surface area (Å²) < 4.78 is 0. The van der Waals surface area contributed by atoms with Gasteiger partial charge in [0.05, 0.1) is 0 Å². The van der Waals surface area contributed by atoms with Crippen molar-refractivity contribution in [3.05, 3.63) is 48.0 Å². The van der Waals surface area contributed by atoms with Gasteiger partial charge in [-0.05, 0) is 29.3 Å². The Balaban J connectivity index is 1.93.